The van der Waals surface area contributed by atoms with Crippen molar-refractivity contribution in [3.63, 3.8) is 0 Å². The summed E-state index contributed by atoms with van der Waals surface area (Å²) in [5.41, 5.74) is 8.45. The molecule has 0 amide bonds. The van der Waals surface area contributed by atoms with E-state index in [4.69, 9.17) is 10.5 Å². The van der Waals surface area contributed by atoms with E-state index in [0.717, 1.165) is 28.0 Å². The van der Waals surface area contributed by atoms with Gasteiger partial charge in [0.15, 0.2) is 0 Å². The summed E-state index contributed by atoms with van der Waals surface area (Å²) in [5, 5.41) is 1.00. The second-order valence-electron chi connectivity index (χ2n) is 5.10. The minimum Gasteiger partial charge on any atom is -0.439 e. The first-order chi connectivity index (χ1) is 10.1. The molecule has 3 aromatic rings. The van der Waals surface area contributed by atoms with Crippen molar-refractivity contribution in [2.45, 2.75) is 0 Å². The van der Waals surface area contributed by atoms with Crippen LogP contribution in [0.5, 0.6) is 11.6 Å². The Balaban J connectivity index is 1.91. The molecule has 0 spiro atoms. The van der Waals surface area contributed by atoms with Crippen molar-refractivity contribution in [3.05, 3.63) is 54.6 Å². The van der Waals surface area contributed by atoms with Crippen LogP contribution in [0.3, 0.4) is 0 Å². The maximum absolute atomic E-state index is 5.84. The van der Waals surface area contributed by atoms with Crippen LogP contribution in [0, 0.1) is 0 Å². The van der Waals surface area contributed by atoms with Gasteiger partial charge in [0, 0.05) is 43.0 Å². The van der Waals surface area contributed by atoms with Crippen LogP contribution >= 0.6 is 0 Å². The SMILES string of the molecule is CN(C)c1cccc(Oc2ccc3cc(N)ccc3n2)c1. The van der Waals surface area contributed by atoms with Gasteiger partial charge in [-0.2, -0.15) is 0 Å². The van der Waals surface area contributed by atoms with Gasteiger partial charge in [0.05, 0.1) is 5.52 Å². The second kappa shape index (κ2) is 5.32. The molecule has 0 saturated heterocycles. The molecule has 1 aromatic heterocycles. The Hall–Kier alpha value is -2.75. The largest absolute Gasteiger partial charge is 0.439 e. The molecule has 0 aliphatic carbocycles. The summed E-state index contributed by atoms with van der Waals surface area (Å²) in [6, 6.07) is 17.3. The number of nitrogens with zero attached hydrogens (tertiary/aromatic N) is 2. The second-order valence-corrected chi connectivity index (χ2v) is 5.10. The van der Waals surface area contributed by atoms with E-state index in [-0.39, 0.29) is 0 Å². The summed E-state index contributed by atoms with van der Waals surface area (Å²) in [6.45, 7) is 0. The van der Waals surface area contributed by atoms with Crippen LogP contribution in [0.4, 0.5) is 11.4 Å². The highest BCUT2D eigenvalue weighted by molar-refractivity contribution is 5.82. The van der Waals surface area contributed by atoms with Gasteiger partial charge in [-0.3, -0.25) is 0 Å². The molecule has 0 aliphatic rings. The van der Waals surface area contributed by atoms with Crippen molar-refractivity contribution in [1.29, 1.82) is 0 Å². The molecule has 2 N–H and O–H groups in total. The van der Waals surface area contributed by atoms with Crippen molar-refractivity contribution in [3.8, 4) is 11.6 Å². The van der Waals surface area contributed by atoms with Gasteiger partial charge in [-0.05, 0) is 36.4 Å². The molecule has 0 unspecified atom stereocenters. The molecule has 106 valence electrons. The highest BCUT2D eigenvalue weighted by atomic mass is 16.5. The van der Waals surface area contributed by atoms with Crippen molar-refractivity contribution in [2.75, 3.05) is 24.7 Å². The van der Waals surface area contributed by atoms with E-state index in [1.807, 2.05) is 73.6 Å². The smallest absolute Gasteiger partial charge is 0.219 e. The Morgan fingerprint density at radius 3 is 2.67 bits per heavy atom. The first-order valence-electron chi connectivity index (χ1n) is 6.73. The van der Waals surface area contributed by atoms with Crippen LogP contribution in [0.15, 0.2) is 54.6 Å². The topological polar surface area (TPSA) is 51.4 Å². The van der Waals surface area contributed by atoms with Gasteiger partial charge in [0.2, 0.25) is 5.88 Å². The fraction of sp³-hybridized carbons (Fsp3) is 0.118. The third kappa shape index (κ3) is 2.89. The number of hydrogen-bond donors (Lipinski definition) is 1. The van der Waals surface area contributed by atoms with Crippen LogP contribution in [-0.4, -0.2) is 19.1 Å². The molecule has 0 aliphatic heterocycles. The molecular weight excluding hydrogens is 262 g/mol. The van der Waals surface area contributed by atoms with Crippen LogP contribution in [0.25, 0.3) is 10.9 Å². The number of benzene rings is 2. The number of ether oxygens (including phenoxy) is 1. The lowest BCUT2D eigenvalue weighted by Gasteiger charge is -2.13. The zero-order valence-corrected chi connectivity index (χ0v) is 12.1. The van der Waals surface area contributed by atoms with Crippen LogP contribution < -0.4 is 15.4 Å². The summed E-state index contributed by atoms with van der Waals surface area (Å²) >= 11 is 0. The number of fused-ring (bicyclic) bond motifs is 1. The summed E-state index contributed by atoms with van der Waals surface area (Å²) < 4.78 is 5.84. The van der Waals surface area contributed by atoms with Crippen molar-refractivity contribution >= 4 is 22.3 Å². The predicted octanol–water partition coefficient (Wildman–Crippen LogP) is 3.68. The number of nitrogens with two attached hydrogens (primary N) is 1. The summed E-state index contributed by atoms with van der Waals surface area (Å²) in [7, 11) is 4.00. The van der Waals surface area contributed by atoms with Crippen LogP contribution in [0.1, 0.15) is 0 Å². The molecule has 4 heteroatoms. The Labute approximate surface area is 123 Å². The quantitative estimate of drug-likeness (QED) is 0.743. The molecule has 0 atom stereocenters. The lowest BCUT2D eigenvalue weighted by molar-refractivity contribution is 0.465. The minimum absolute atomic E-state index is 0.572. The molecule has 21 heavy (non-hydrogen) atoms. The highest BCUT2D eigenvalue weighted by Crippen LogP contribution is 2.26. The number of aromatic nitrogens is 1. The Morgan fingerprint density at radius 1 is 1.00 bits per heavy atom. The maximum atomic E-state index is 5.84. The molecular formula is C17H17N3O. The van der Waals surface area contributed by atoms with Crippen molar-refractivity contribution < 1.29 is 4.74 Å². The molecule has 4 nitrogen and oxygen atoms in total. The average molecular weight is 279 g/mol. The molecule has 0 saturated carbocycles. The summed E-state index contributed by atoms with van der Waals surface area (Å²) in [6.07, 6.45) is 0. The maximum Gasteiger partial charge on any atom is 0.219 e. The number of nitrogen functional groups attached to an aromatic ring is 1. The highest BCUT2D eigenvalue weighted by Gasteiger charge is 2.03. The Bertz CT molecular complexity index is 784. The zero-order valence-electron chi connectivity index (χ0n) is 12.1. The molecule has 0 fully saturated rings. The lowest BCUT2D eigenvalue weighted by atomic mass is 10.2. The number of hydrogen-bond acceptors (Lipinski definition) is 4. The molecule has 0 radical (unpaired) electrons. The fourth-order valence-corrected chi connectivity index (χ4v) is 2.13. The monoisotopic (exact) mass is 279 g/mol. The minimum atomic E-state index is 0.572. The fourth-order valence-electron chi connectivity index (χ4n) is 2.13. The van der Waals surface area contributed by atoms with Gasteiger partial charge in [-0.1, -0.05) is 6.07 Å². The summed E-state index contributed by atoms with van der Waals surface area (Å²) in [5.74, 6) is 1.34. The van der Waals surface area contributed by atoms with Gasteiger partial charge in [0.1, 0.15) is 5.75 Å². The van der Waals surface area contributed by atoms with Crippen molar-refractivity contribution in [1.82, 2.24) is 4.98 Å². The van der Waals surface area contributed by atoms with E-state index in [1.54, 1.807) is 0 Å². The number of anilines is 2. The van der Waals surface area contributed by atoms with Gasteiger partial charge in [-0.25, -0.2) is 4.98 Å². The Morgan fingerprint density at radius 2 is 1.86 bits per heavy atom. The van der Waals surface area contributed by atoms with E-state index >= 15 is 0 Å². The van der Waals surface area contributed by atoms with Gasteiger partial charge >= 0.3 is 0 Å². The lowest BCUT2D eigenvalue weighted by Crippen LogP contribution is -2.08. The third-order valence-corrected chi connectivity index (χ3v) is 3.24. The predicted molar refractivity (Wildman–Crippen MR) is 87.0 cm³/mol. The van der Waals surface area contributed by atoms with Crippen LogP contribution in [-0.2, 0) is 0 Å². The number of pyridine rings is 1. The third-order valence-electron chi connectivity index (χ3n) is 3.24. The first kappa shape index (κ1) is 13.2. The normalized spacial score (nSPS) is 10.6. The van der Waals surface area contributed by atoms with E-state index in [1.165, 1.54) is 0 Å². The van der Waals surface area contributed by atoms with E-state index in [9.17, 15) is 0 Å². The van der Waals surface area contributed by atoms with Gasteiger partial charge in [0.25, 0.3) is 0 Å². The van der Waals surface area contributed by atoms with Gasteiger partial charge < -0.3 is 15.4 Å². The first-order valence-corrected chi connectivity index (χ1v) is 6.73. The molecule has 2 aromatic carbocycles. The average Bonchev–Trinajstić information content (AvgIpc) is 2.48. The van der Waals surface area contributed by atoms with Gasteiger partial charge in [-0.15, -0.1) is 0 Å². The van der Waals surface area contributed by atoms with Crippen LogP contribution in [0.2, 0.25) is 0 Å². The molecule has 1 heterocycles. The molecule has 0 bridgehead atoms. The molecule has 3 rings (SSSR count). The van der Waals surface area contributed by atoms with E-state index < -0.39 is 0 Å². The Kier molecular flexibility index (Phi) is 3.36. The summed E-state index contributed by atoms with van der Waals surface area (Å²) in [4.78, 5) is 6.53. The van der Waals surface area contributed by atoms with Crippen molar-refractivity contribution in [2.24, 2.45) is 0 Å². The number of rotatable bonds is 3. The zero-order chi connectivity index (χ0) is 14.8. The standard InChI is InChI=1S/C17H17N3O/c1-20(2)14-4-3-5-15(11-14)21-17-9-6-12-10-13(18)7-8-16(12)19-17/h3-11H,18H2,1-2H3. The van der Waals surface area contributed by atoms with E-state index in [0.29, 0.717) is 5.88 Å². The van der Waals surface area contributed by atoms with E-state index in [2.05, 4.69) is 4.98 Å².